The van der Waals surface area contributed by atoms with Crippen LogP contribution in [0, 0.1) is 6.92 Å². The van der Waals surface area contributed by atoms with E-state index in [1.807, 2.05) is 49.4 Å². The molecule has 0 saturated carbocycles. The number of carbonyl (C=O) groups excluding carboxylic acids is 1. The molecular weight excluding hydrogens is 324 g/mol. The van der Waals surface area contributed by atoms with Gasteiger partial charge in [0.25, 0.3) is 5.91 Å². The molecular formula is C21H22N4O. The van der Waals surface area contributed by atoms with Crippen LogP contribution in [0.3, 0.4) is 0 Å². The van der Waals surface area contributed by atoms with E-state index >= 15 is 0 Å². The first-order chi connectivity index (χ1) is 12.7. The van der Waals surface area contributed by atoms with E-state index in [1.54, 1.807) is 6.33 Å². The van der Waals surface area contributed by atoms with Crippen molar-refractivity contribution in [2.24, 2.45) is 0 Å². The van der Waals surface area contributed by atoms with Crippen LogP contribution in [0.1, 0.15) is 35.2 Å². The quantitative estimate of drug-likeness (QED) is 0.773. The molecule has 1 saturated heterocycles. The summed E-state index contributed by atoms with van der Waals surface area (Å²) in [5.74, 6) is 0.879. The average molecular weight is 346 g/mol. The molecule has 1 N–H and O–H groups in total. The van der Waals surface area contributed by atoms with E-state index < -0.39 is 0 Å². The van der Waals surface area contributed by atoms with E-state index in [-0.39, 0.29) is 5.91 Å². The van der Waals surface area contributed by atoms with Gasteiger partial charge in [-0.15, -0.1) is 0 Å². The summed E-state index contributed by atoms with van der Waals surface area (Å²) in [7, 11) is 0. The summed E-state index contributed by atoms with van der Waals surface area (Å²) in [6, 6.07) is 13.4. The molecule has 3 aromatic rings. The molecule has 5 heteroatoms. The first-order valence-corrected chi connectivity index (χ1v) is 9.08. The van der Waals surface area contributed by atoms with E-state index in [0.717, 1.165) is 41.1 Å². The van der Waals surface area contributed by atoms with Crippen LogP contribution in [0.4, 0.5) is 11.5 Å². The zero-order chi connectivity index (χ0) is 17.9. The Kier molecular flexibility index (Phi) is 4.52. The number of piperidine rings is 1. The normalized spacial score (nSPS) is 14.4. The molecule has 2 heterocycles. The van der Waals surface area contributed by atoms with Crippen molar-refractivity contribution in [1.82, 2.24) is 9.97 Å². The van der Waals surface area contributed by atoms with Crippen molar-refractivity contribution in [3.05, 3.63) is 59.9 Å². The molecule has 1 amide bonds. The summed E-state index contributed by atoms with van der Waals surface area (Å²) < 4.78 is 0. The zero-order valence-electron chi connectivity index (χ0n) is 14.9. The molecule has 5 nitrogen and oxygen atoms in total. The van der Waals surface area contributed by atoms with Gasteiger partial charge in [0.1, 0.15) is 12.1 Å². The van der Waals surface area contributed by atoms with Crippen LogP contribution in [0.25, 0.3) is 10.9 Å². The molecule has 1 aromatic heterocycles. The Morgan fingerprint density at radius 2 is 1.88 bits per heavy atom. The number of rotatable bonds is 3. The number of anilines is 2. The number of aromatic nitrogens is 2. The molecule has 1 aliphatic rings. The summed E-state index contributed by atoms with van der Waals surface area (Å²) in [6.45, 7) is 4.06. The smallest absolute Gasteiger partial charge is 0.255 e. The van der Waals surface area contributed by atoms with Crippen LogP contribution in [0.5, 0.6) is 0 Å². The third-order valence-electron chi connectivity index (χ3n) is 4.81. The fourth-order valence-electron chi connectivity index (χ4n) is 3.47. The van der Waals surface area contributed by atoms with Crippen LogP contribution < -0.4 is 10.2 Å². The van der Waals surface area contributed by atoms with Gasteiger partial charge in [0.2, 0.25) is 0 Å². The number of nitrogens with one attached hydrogen (secondary N) is 1. The highest BCUT2D eigenvalue weighted by atomic mass is 16.1. The predicted octanol–water partition coefficient (Wildman–Crippen LogP) is 4.18. The van der Waals surface area contributed by atoms with Gasteiger partial charge in [-0.1, -0.05) is 17.7 Å². The Labute approximate surface area is 153 Å². The molecule has 132 valence electrons. The highest BCUT2D eigenvalue weighted by Gasteiger charge is 2.15. The molecule has 26 heavy (non-hydrogen) atoms. The van der Waals surface area contributed by atoms with Crippen LogP contribution in [-0.4, -0.2) is 29.0 Å². The van der Waals surface area contributed by atoms with Crippen molar-refractivity contribution in [3.63, 3.8) is 0 Å². The number of hydrogen-bond acceptors (Lipinski definition) is 4. The molecule has 4 rings (SSSR count). The predicted molar refractivity (Wildman–Crippen MR) is 105 cm³/mol. The van der Waals surface area contributed by atoms with Gasteiger partial charge in [0, 0.05) is 29.7 Å². The van der Waals surface area contributed by atoms with Gasteiger partial charge in [-0.3, -0.25) is 4.79 Å². The Morgan fingerprint density at radius 1 is 1.04 bits per heavy atom. The van der Waals surface area contributed by atoms with E-state index in [1.165, 1.54) is 19.3 Å². The van der Waals surface area contributed by atoms with Gasteiger partial charge in [-0.2, -0.15) is 0 Å². The first-order valence-electron chi connectivity index (χ1n) is 9.08. The standard InChI is InChI=1S/C21H22N4O/c1-15-6-5-7-16(12-15)21(26)24-17-8-9-18-19(13-17)22-14-23-20(18)25-10-3-2-4-11-25/h5-9,12-14H,2-4,10-11H2,1H3,(H,24,26). The van der Waals surface area contributed by atoms with E-state index in [2.05, 4.69) is 20.2 Å². The third kappa shape index (κ3) is 3.38. The fraction of sp³-hybridized carbons (Fsp3) is 0.286. The maximum absolute atomic E-state index is 12.5. The number of carbonyl (C=O) groups is 1. The van der Waals surface area contributed by atoms with Gasteiger partial charge in [0.15, 0.2) is 0 Å². The monoisotopic (exact) mass is 346 g/mol. The first kappa shape index (κ1) is 16.5. The third-order valence-corrected chi connectivity index (χ3v) is 4.81. The van der Waals surface area contributed by atoms with Gasteiger partial charge >= 0.3 is 0 Å². The second kappa shape index (κ2) is 7.12. The zero-order valence-corrected chi connectivity index (χ0v) is 14.9. The number of hydrogen-bond donors (Lipinski definition) is 1. The molecule has 2 aromatic carbocycles. The maximum atomic E-state index is 12.5. The van der Waals surface area contributed by atoms with Crippen LogP contribution >= 0.6 is 0 Å². The van der Waals surface area contributed by atoms with Gasteiger partial charge < -0.3 is 10.2 Å². The van der Waals surface area contributed by atoms with Crippen molar-refractivity contribution in [2.75, 3.05) is 23.3 Å². The Bertz CT molecular complexity index is 948. The van der Waals surface area contributed by atoms with Crippen molar-refractivity contribution in [3.8, 4) is 0 Å². The van der Waals surface area contributed by atoms with Gasteiger partial charge in [0.05, 0.1) is 5.52 Å². The molecule has 0 aliphatic carbocycles. The number of fused-ring (bicyclic) bond motifs is 1. The SMILES string of the molecule is Cc1cccc(C(=O)Nc2ccc3c(N4CCCCC4)ncnc3c2)c1. The lowest BCUT2D eigenvalue weighted by Gasteiger charge is -2.28. The van der Waals surface area contributed by atoms with Crippen LogP contribution in [0.15, 0.2) is 48.8 Å². The summed E-state index contributed by atoms with van der Waals surface area (Å²) in [5, 5.41) is 3.99. The minimum Gasteiger partial charge on any atom is -0.356 e. The molecule has 0 spiro atoms. The Balaban J connectivity index is 1.60. The Morgan fingerprint density at radius 3 is 2.69 bits per heavy atom. The molecule has 1 aliphatic heterocycles. The molecule has 0 bridgehead atoms. The lowest BCUT2D eigenvalue weighted by Crippen LogP contribution is -2.30. The van der Waals surface area contributed by atoms with E-state index in [4.69, 9.17) is 0 Å². The largest absolute Gasteiger partial charge is 0.356 e. The Hall–Kier alpha value is -2.95. The summed E-state index contributed by atoms with van der Waals surface area (Å²) in [4.78, 5) is 23.7. The van der Waals surface area contributed by atoms with Crippen LogP contribution in [0.2, 0.25) is 0 Å². The number of aryl methyl sites for hydroxylation is 1. The van der Waals surface area contributed by atoms with Crippen molar-refractivity contribution in [1.29, 1.82) is 0 Å². The van der Waals surface area contributed by atoms with E-state index in [0.29, 0.717) is 5.56 Å². The molecule has 1 fully saturated rings. The van der Waals surface area contributed by atoms with Crippen molar-refractivity contribution in [2.45, 2.75) is 26.2 Å². The maximum Gasteiger partial charge on any atom is 0.255 e. The molecule has 0 radical (unpaired) electrons. The topological polar surface area (TPSA) is 58.1 Å². The highest BCUT2D eigenvalue weighted by Crippen LogP contribution is 2.27. The second-order valence-electron chi connectivity index (χ2n) is 6.80. The molecule has 0 atom stereocenters. The average Bonchev–Trinajstić information content (AvgIpc) is 2.68. The summed E-state index contributed by atoms with van der Waals surface area (Å²) >= 11 is 0. The number of amides is 1. The van der Waals surface area contributed by atoms with Crippen LogP contribution in [-0.2, 0) is 0 Å². The minimum absolute atomic E-state index is 0.113. The summed E-state index contributed by atoms with van der Waals surface area (Å²) in [6.07, 6.45) is 5.30. The van der Waals surface area contributed by atoms with Gasteiger partial charge in [-0.25, -0.2) is 9.97 Å². The summed E-state index contributed by atoms with van der Waals surface area (Å²) in [5.41, 5.74) is 3.31. The van der Waals surface area contributed by atoms with E-state index in [9.17, 15) is 4.79 Å². The van der Waals surface area contributed by atoms with Crippen molar-refractivity contribution >= 4 is 28.3 Å². The number of benzene rings is 2. The van der Waals surface area contributed by atoms with Gasteiger partial charge in [-0.05, 0) is 56.5 Å². The second-order valence-corrected chi connectivity index (χ2v) is 6.80. The highest BCUT2D eigenvalue weighted by molar-refractivity contribution is 6.05. The molecule has 0 unspecified atom stereocenters. The minimum atomic E-state index is -0.113. The lowest BCUT2D eigenvalue weighted by atomic mass is 10.1. The fourth-order valence-corrected chi connectivity index (χ4v) is 3.47. The lowest BCUT2D eigenvalue weighted by molar-refractivity contribution is 0.102. The van der Waals surface area contributed by atoms with Crippen molar-refractivity contribution < 1.29 is 4.79 Å². The number of nitrogens with zero attached hydrogens (tertiary/aromatic N) is 3.